The second-order valence-corrected chi connectivity index (χ2v) is 8.37. The molecule has 0 saturated carbocycles. The highest BCUT2D eigenvalue weighted by Gasteiger charge is 2.23. The van der Waals surface area contributed by atoms with Gasteiger partial charge < -0.3 is 10.2 Å². The maximum atomic E-state index is 13.3. The lowest BCUT2D eigenvalue weighted by Crippen LogP contribution is -2.46. The summed E-state index contributed by atoms with van der Waals surface area (Å²) < 4.78 is 0. The van der Waals surface area contributed by atoms with E-state index >= 15 is 0 Å². The highest BCUT2D eigenvalue weighted by atomic mass is 32.1. The molecule has 3 heterocycles. The first kappa shape index (κ1) is 21.0. The Morgan fingerprint density at radius 3 is 2.77 bits per heavy atom. The molecule has 1 N–H and O–H groups in total. The largest absolute Gasteiger partial charge is 0.338 e. The number of benzene rings is 1. The molecule has 3 aromatic rings. The van der Waals surface area contributed by atoms with Gasteiger partial charge in [-0.1, -0.05) is 30.3 Å². The summed E-state index contributed by atoms with van der Waals surface area (Å²) in [6.45, 7) is 4.32. The number of nitrogens with zero attached hydrogens (tertiary/aromatic N) is 4. The standard InChI is InChI=1S/C23H25N5O2S/c1-17-7-2-3-8-18(17)14-27(15-19-9-4-5-10-24-19)21(29)13-20-16-31-23(26-20)28-12-6-11-25-22(28)30/h2-5,7-10,16H,6,11-15H2,1H3,(H,25,30). The first-order chi connectivity index (χ1) is 15.1. The molecule has 31 heavy (non-hydrogen) atoms. The molecule has 4 rings (SSSR count). The van der Waals surface area contributed by atoms with Gasteiger partial charge in [-0.3, -0.25) is 14.7 Å². The van der Waals surface area contributed by atoms with Gasteiger partial charge in [-0.2, -0.15) is 0 Å². The van der Waals surface area contributed by atoms with E-state index in [2.05, 4.69) is 28.3 Å². The van der Waals surface area contributed by atoms with Gasteiger partial charge in [0.15, 0.2) is 5.13 Å². The lowest BCUT2D eigenvalue weighted by molar-refractivity contribution is -0.131. The van der Waals surface area contributed by atoms with E-state index in [0.717, 1.165) is 23.2 Å². The number of amides is 3. The Kier molecular flexibility index (Phi) is 6.57. The Bertz CT molecular complexity index is 1050. The molecule has 0 atom stereocenters. The van der Waals surface area contributed by atoms with Crippen molar-refractivity contribution in [2.45, 2.75) is 32.9 Å². The average Bonchev–Trinajstić information content (AvgIpc) is 3.24. The van der Waals surface area contributed by atoms with Crippen LogP contribution in [-0.2, 0) is 24.3 Å². The molecule has 0 spiro atoms. The Balaban J connectivity index is 1.50. The second kappa shape index (κ2) is 9.70. The molecule has 1 aromatic carbocycles. The molecule has 2 aromatic heterocycles. The summed E-state index contributed by atoms with van der Waals surface area (Å²) in [7, 11) is 0. The molecule has 0 aliphatic carbocycles. The third-order valence-electron chi connectivity index (χ3n) is 5.24. The van der Waals surface area contributed by atoms with Crippen LogP contribution in [0.3, 0.4) is 0 Å². The highest BCUT2D eigenvalue weighted by Crippen LogP contribution is 2.23. The molecular weight excluding hydrogens is 410 g/mol. The molecule has 3 amide bonds. The lowest BCUT2D eigenvalue weighted by Gasteiger charge is -2.25. The number of nitrogens with one attached hydrogen (secondary N) is 1. The molecule has 160 valence electrons. The van der Waals surface area contributed by atoms with Crippen LogP contribution >= 0.6 is 11.3 Å². The summed E-state index contributed by atoms with van der Waals surface area (Å²) >= 11 is 1.39. The third kappa shape index (κ3) is 5.27. The number of hydrogen-bond acceptors (Lipinski definition) is 5. The van der Waals surface area contributed by atoms with Gasteiger partial charge in [0.1, 0.15) is 0 Å². The summed E-state index contributed by atoms with van der Waals surface area (Å²) in [6, 6.07) is 13.7. The minimum Gasteiger partial charge on any atom is -0.338 e. The fourth-order valence-electron chi connectivity index (χ4n) is 3.49. The molecule has 8 heteroatoms. The first-order valence-corrected chi connectivity index (χ1v) is 11.2. The van der Waals surface area contributed by atoms with Gasteiger partial charge in [0, 0.05) is 31.2 Å². The normalized spacial score (nSPS) is 13.7. The number of pyridine rings is 1. The van der Waals surface area contributed by atoms with Gasteiger partial charge in [-0.25, -0.2) is 9.78 Å². The van der Waals surface area contributed by atoms with E-state index in [-0.39, 0.29) is 18.4 Å². The fourth-order valence-corrected chi connectivity index (χ4v) is 4.34. The minimum absolute atomic E-state index is 0.0196. The van der Waals surface area contributed by atoms with E-state index in [1.165, 1.54) is 11.3 Å². The number of hydrogen-bond donors (Lipinski definition) is 1. The van der Waals surface area contributed by atoms with Crippen LogP contribution in [0.5, 0.6) is 0 Å². The van der Waals surface area contributed by atoms with Crippen LogP contribution in [-0.4, -0.2) is 39.9 Å². The summed E-state index contributed by atoms with van der Waals surface area (Å²) in [5, 5.41) is 5.33. The van der Waals surface area contributed by atoms with E-state index in [1.807, 2.05) is 46.7 Å². The number of aryl methyl sites for hydroxylation is 1. The highest BCUT2D eigenvalue weighted by molar-refractivity contribution is 7.14. The molecule has 1 fully saturated rings. The number of urea groups is 1. The van der Waals surface area contributed by atoms with Crippen molar-refractivity contribution in [3.63, 3.8) is 0 Å². The van der Waals surface area contributed by atoms with Crippen molar-refractivity contribution in [1.82, 2.24) is 20.2 Å². The molecule has 1 aliphatic rings. The van der Waals surface area contributed by atoms with Crippen molar-refractivity contribution in [3.8, 4) is 0 Å². The van der Waals surface area contributed by atoms with Gasteiger partial charge in [-0.15, -0.1) is 11.3 Å². The number of thiazole rings is 1. The molecule has 7 nitrogen and oxygen atoms in total. The minimum atomic E-state index is -0.130. The van der Waals surface area contributed by atoms with E-state index in [4.69, 9.17) is 0 Å². The smallest absolute Gasteiger partial charge is 0.323 e. The van der Waals surface area contributed by atoms with Crippen molar-refractivity contribution >= 4 is 28.4 Å². The third-order valence-corrected chi connectivity index (χ3v) is 6.15. The van der Waals surface area contributed by atoms with Gasteiger partial charge in [0.25, 0.3) is 0 Å². The van der Waals surface area contributed by atoms with Crippen LogP contribution in [0.1, 0.15) is 28.9 Å². The number of carbonyl (C=O) groups excluding carboxylic acids is 2. The number of carbonyl (C=O) groups is 2. The number of aromatic nitrogens is 2. The quantitative estimate of drug-likeness (QED) is 0.616. The number of rotatable bonds is 7. The molecule has 0 bridgehead atoms. The zero-order valence-corrected chi connectivity index (χ0v) is 18.3. The van der Waals surface area contributed by atoms with E-state index in [1.54, 1.807) is 11.1 Å². The van der Waals surface area contributed by atoms with Gasteiger partial charge in [0.2, 0.25) is 5.91 Å². The molecule has 1 aliphatic heterocycles. The fraction of sp³-hybridized carbons (Fsp3) is 0.304. The summed E-state index contributed by atoms with van der Waals surface area (Å²) in [5.74, 6) is -0.0196. The van der Waals surface area contributed by atoms with Crippen LogP contribution in [0.4, 0.5) is 9.93 Å². The maximum Gasteiger partial charge on any atom is 0.323 e. The Morgan fingerprint density at radius 2 is 2.00 bits per heavy atom. The summed E-state index contributed by atoms with van der Waals surface area (Å²) in [4.78, 5) is 37.7. The van der Waals surface area contributed by atoms with Gasteiger partial charge >= 0.3 is 6.03 Å². The van der Waals surface area contributed by atoms with E-state index in [9.17, 15) is 9.59 Å². The SMILES string of the molecule is Cc1ccccc1CN(Cc1ccccn1)C(=O)Cc1csc(N2CCCNC2=O)n1. The monoisotopic (exact) mass is 435 g/mol. The molecular formula is C23H25N5O2S. The Morgan fingerprint density at radius 1 is 1.16 bits per heavy atom. The molecule has 0 unspecified atom stereocenters. The van der Waals surface area contributed by atoms with Crippen molar-refractivity contribution in [1.29, 1.82) is 0 Å². The van der Waals surface area contributed by atoms with Crippen LogP contribution < -0.4 is 10.2 Å². The summed E-state index contributed by atoms with van der Waals surface area (Å²) in [6.07, 6.45) is 2.81. The van der Waals surface area contributed by atoms with Crippen molar-refractivity contribution in [3.05, 3.63) is 76.6 Å². The molecule has 0 radical (unpaired) electrons. The van der Waals surface area contributed by atoms with E-state index in [0.29, 0.717) is 37.0 Å². The maximum absolute atomic E-state index is 13.3. The zero-order valence-electron chi connectivity index (χ0n) is 17.5. The summed E-state index contributed by atoms with van der Waals surface area (Å²) in [5.41, 5.74) is 3.77. The second-order valence-electron chi connectivity index (χ2n) is 7.53. The number of anilines is 1. The topological polar surface area (TPSA) is 78.4 Å². The van der Waals surface area contributed by atoms with Crippen molar-refractivity contribution < 1.29 is 9.59 Å². The zero-order chi connectivity index (χ0) is 21.6. The average molecular weight is 436 g/mol. The van der Waals surface area contributed by atoms with Gasteiger partial charge in [-0.05, 0) is 36.6 Å². The Hall–Kier alpha value is -3.26. The molecule has 1 saturated heterocycles. The predicted molar refractivity (Wildman–Crippen MR) is 121 cm³/mol. The van der Waals surface area contributed by atoms with Crippen LogP contribution in [0.15, 0.2) is 54.0 Å². The van der Waals surface area contributed by atoms with Crippen LogP contribution in [0, 0.1) is 6.92 Å². The van der Waals surface area contributed by atoms with Crippen LogP contribution in [0.2, 0.25) is 0 Å². The lowest BCUT2D eigenvalue weighted by atomic mass is 10.1. The van der Waals surface area contributed by atoms with E-state index < -0.39 is 0 Å². The van der Waals surface area contributed by atoms with Gasteiger partial charge in [0.05, 0.1) is 24.4 Å². The predicted octanol–water partition coefficient (Wildman–Crippen LogP) is 3.54. The van der Waals surface area contributed by atoms with Crippen molar-refractivity contribution in [2.75, 3.05) is 18.0 Å². The van der Waals surface area contributed by atoms with Crippen molar-refractivity contribution in [2.24, 2.45) is 0 Å². The first-order valence-electron chi connectivity index (χ1n) is 10.3. The van der Waals surface area contributed by atoms with Crippen LogP contribution in [0.25, 0.3) is 0 Å². The Labute approximate surface area is 185 Å².